The van der Waals surface area contributed by atoms with Crippen molar-refractivity contribution in [3.05, 3.63) is 27.3 Å². The highest BCUT2D eigenvalue weighted by Crippen LogP contribution is 2.34. The number of hydrogen-bond acceptors (Lipinski definition) is 4. The summed E-state index contributed by atoms with van der Waals surface area (Å²) in [6.07, 6.45) is 6.77. The van der Waals surface area contributed by atoms with E-state index in [2.05, 4.69) is 5.10 Å². The van der Waals surface area contributed by atoms with E-state index >= 15 is 0 Å². The third kappa shape index (κ3) is 3.24. The van der Waals surface area contributed by atoms with Crippen LogP contribution in [0.4, 0.5) is 0 Å². The number of amides is 2. The standard InChI is InChI=1S/C20H30N4O3/c1-5-12-24-19(26)16(15-14(6-2)21-23(4)18(15)25)17(20(24)27)22(3)13-10-8-7-9-11-13/h13,21H,5-12H2,1-4H3. The molecule has 0 unspecified atom stereocenters. The second-order valence-electron chi connectivity index (χ2n) is 7.57. The molecule has 0 aromatic carbocycles. The Hall–Kier alpha value is -2.31. The molecule has 1 aromatic rings. The lowest BCUT2D eigenvalue weighted by Crippen LogP contribution is -2.38. The second kappa shape index (κ2) is 7.74. The Balaban J connectivity index is 2.16. The SMILES string of the molecule is CCCN1C(=O)C(c2c(CC)[nH]n(C)c2=O)=C(N(C)C2CCCCC2)C1=O. The predicted molar refractivity (Wildman–Crippen MR) is 104 cm³/mol. The lowest BCUT2D eigenvalue weighted by Gasteiger charge is -2.33. The number of nitrogens with zero attached hydrogens (tertiary/aromatic N) is 3. The molecule has 1 saturated carbocycles. The molecule has 0 spiro atoms. The zero-order valence-corrected chi connectivity index (χ0v) is 16.8. The molecule has 7 heteroatoms. The molecule has 7 nitrogen and oxygen atoms in total. The minimum Gasteiger partial charge on any atom is -0.366 e. The monoisotopic (exact) mass is 374 g/mol. The minimum atomic E-state index is -0.342. The van der Waals surface area contributed by atoms with E-state index in [0.29, 0.717) is 36.3 Å². The number of hydrogen-bond donors (Lipinski definition) is 1. The van der Waals surface area contributed by atoms with Gasteiger partial charge >= 0.3 is 0 Å². The maximum absolute atomic E-state index is 13.2. The average molecular weight is 374 g/mol. The van der Waals surface area contributed by atoms with Crippen molar-refractivity contribution in [2.24, 2.45) is 7.05 Å². The third-order valence-corrected chi connectivity index (χ3v) is 5.79. The zero-order valence-electron chi connectivity index (χ0n) is 16.8. The molecule has 2 amide bonds. The van der Waals surface area contributed by atoms with Crippen LogP contribution in [0.15, 0.2) is 10.5 Å². The largest absolute Gasteiger partial charge is 0.366 e. The normalized spacial score (nSPS) is 18.7. The van der Waals surface area contributed by atoms with E-state index in [1.54, 1.807) is 7.05 Å². The quantitative estimate of drug-likeness (QED) is 0.773. The number of aromatic nitrogens is 2. The molecule has 0 saturated heterocycles. The number of carbonyl (C=O) groups excluding carboxylic acids is 2. The predicted octanol–water partition coefficient (Wildman–Crippen LogP) is 2.03. The number of aromatic amines is 1. The first-order chi connectivity index (χ1) is 12.9. The summed E-state index contributed by atoms with van der Waals surface area (Å²) in [6, 6.07) is 0.231. The van der Waals surface area contributed by atoms with Crippen LogP contribution in [0.5, 0.6) is 0 Å². The van der Waals surface area contributed by atoms with Crippen molar-refractivity contribution in [3.63, 3.8) is 0 Å². The fraction of sp³-hybridized carbons (Fsp3) is 0.650. The van der Waals surface area contributed by atoms with Gasteiger partial charge < -0.3 is 4.90 Å². The summed E-state index contributed by atoms with van der Waals surface area (Å²) < 4.78 is 1.39. The number of H-pyrrole nitrogens is 1. The molecule has 3 rings (SSSR count). The summed E-state index contributed by atoms with van der Waals surface area (Å²) in [7, 11) is 3.54. The van der Waals surface area contributed by atoms with Gasteiger partial charge in [-0.2, -0.15) is 0 Å². The van der Waals surface area contributed by atoms with Crippen molar-refractivity contribution in [1.82, 2.24) is 19.6 Å². The molecule has 0 atom stereocenters. The van der Waals surface area contributed by atoms with Gasteiger partial charge in [0, 0.05) is 32.4 Å². The molecule has 1 N–H and O–H groups in total. The van der Waals surface area contributed by atoms with E-state index in [1.165, 1.54) is 16.0 Å². The Morgan fingerprint density at radius 2 is 1.74 bits per heavy atom. The third-order valence-electron chi connectivity index (χ3n) is 5.79. The maximum atomic E-state index is 13.2. The van der Waals surface area contributed by atoms with Crippen LogP contribution in [0, 0.1) is 0 Å². The lowest BCUT2D eigenvalue weighted by atomic mass is 9.93. The average Bonchev–Trinajstić information content (AvgIpc) is 3.09. The highest BCUT2D eigenvalue weighted by atomic mass is 16.2. The Kier molecular flexibility index (Phi) is 5.58. The Morgan fingerprint density at radius 3 is 2.33 bits per heavy atom. The molecule has 2 heterocycles. The topological polar surface area (TPSA) is 78.4 Å². The molecule has 1 aliphatic carbocycles. The van der Waals surface area contributed by atoms with Gasteiger partial charge in [0.15, 0.2) is 0 Å². The summed E-state index contributed by atoms with van der Waals surface area (Å²) in [5.74, 6) is -0.610. The van der Waals surface area contributed by atoms with Crippen molar-refractivity contribution >= 4 is 17.4 Å². The number of aryl methyl sites for hydroxylation is 2. The van der Waals surface area contributed by atoms with Gasteiger partial charge in [0.25, 0.3) is 17.4 Å². The van der Waals surface area contributed by atoms with Gasteiger partial charge in [0.1, 0.15) is 5.70 Å². The fourth-order valence-electron chi connectivity index (χ4n) is 4.31. The fourth-order valence-corrected chi connectivity index (χ4v) is 4.31. The van der Waals surface area contributed by atoms with E-state index in [4.69, 9.17) is 0 Å². The van der Waals surface area contributed by atoms with Crippen LogP contribution in [0.1, 0.15) is 63.6 Å². The van der Waals surface area contributed by atoms with Crippen LogP contribution in [-0.4, -0.2) is 51.0 Å². The highest BCUT2D eigenvalue weighted by Gasteiger charge is 2.43. The van der Waals surface area contributed by atoms with Crippen LogP contribution >= 0.6 is 0 Å². The van der Waals surface area contributed by atoms with Crippen LogP contribution in [-0.2, 0) is 23.1 Å². The van der Waals surface area contributed by atoms with Crippen LogP contribution in [0.3, 0.4) is 0 Å². The van der Waals surface area contributed by atoms with E-state index in [9.17, 15) is 14.4 Å². The first-order valence-electron chi connectivity index (χ1n) is 10.0. The zero-order chi connectivity index (χ0) is 19.7. The number of likely N-dealkylation sites (N-methyl/N-ethyl adjacent to an activating group) is 1. The molecule has 1 aromatic heterocycles. The van der Waals surface area contributed by atoms with Crippen molar-refractivity contribution in [1.29, 1.82) is 0 Å². The van der Waals surface area contributed by atoms with Crippen LogP contribution < -0.4 is 5.56 Å². The van der Waals surface area contributed by atoms with Crippen molar-refractivity contribution < 1.29 is 9.59 Å². The first kappa shape index (κ1) is 19.5. The Labute approximate surface area is 160 Å². The molecule has 0 radical (unpaired) electrons. The van der Waals surface area contributed by atoms with Gasteiger partial charge in [-0.05, 0) is 25.7 Å². The van der Waals surface area contributed by atoms with E-state index in [1.807, 2.05) is 25.8 Å². The number of rotatable bonds is 6. The van der Waals surface area contributed by atoms with E-state index in [0.717, 1.165) is 25.7 Å². The van der Waals surface area contributed by atoms with Gasteiger partial charge in [-0.15, -0.1) is 0 Å². The number of imide groups is 1. The van der Waals surface area contributed by atoms with Gasteiger partial charge in [-0.3, -0.25) is 29.1 Å². The van der Waals surface area contributed by atoms with E-state index in [-0.39, 0.29) is 29.0 Å². The van der Waals surface area contributed by atoms with E-state index < -0.39 is 0 Å². The molecule has 148 valence electrons. The highest BCUT2D eigenvalue weighted by molar-refractivity contribution is 6.35. The molecule has 0 bridgehead atoms. The summed E-state index contributed by atoms with van der Waals surface area (Å²) in [5.41, 5.74) is 1.48. The molecule has 1 fully saturated rings. The number of carbonyl (C=O) groups is 2. The van der Waals surface area contributed by atoms with Crippen LogP contribution in [0.2, 0.25) is 0 Å². The summed E-state index contributed by atoms with van der Waals surface area (Å²) >= 11 is 0. The maximum Gasteiger partial charge on any atom is 0.277 e. The molecule has 1 aliphatic heterocycles. The summed E-state index contributed by atoms with van der Waals surface area (Å²) in [4.78, 5) is 42.4. The lowest BCUT2D eigenvalue weighted by molar-refractivity contribution is -0.137. The van der Waals surface area contributed by atoms with Gasteiger partial charge in [0.2, 0.25) is 0 Å². The van der Waals surface area contributed by atoms with Gasteiger partial charge in [-0.1, -0.05) is 33.1 Å². The van der Waals surface area contributed by atoms with Crippen molar-refractivity contribution in [2.75, 3.05) is 13.6 Å². The molecule has 27 heavy (non-hydrogen) atoms. The van der Waals surface area contributed by atoms with Crippen LogP contribution in [0.25, 0.3) is 5.57 Å². The summed E-state index contributed by atoms with van der Waals surface area (Å²) in [5, 5.41) is 3.03. The Bertz CT molecular complexity index is 827. The first-order valence-corrected chi connectivity index (χ1v) is 10.0. The summed E-state index contributed by atoms with van der Waals surface area (Å²) in [6.45, 7) is 4.25. The van der Waals surface area contributed by atoms with Crippen molar-refractivity contribution in [3.8, 4) is 0 Å². The van der Waals surface area contributed by atoms with Gasteiger partial charge in [0.05, 0.1) is 11.1 Å². The molecular weight excluding hydrogens is 344 g/mol. The molecular formula is C20H30N4O3. The smallest absolute Gasteiger partial charge is 0.277 e. The number of nitrogens with one attached hydrogen (secondary N) is 1. The Morgan fingerprint density at radius 1 is 1.07 bits per heavy atom. The minimum absolute atomic E-state index is 0.231. The van der Waals surface area contributed by atoms with Crippen molar-refractivity contribution in [2.45, 2.75) is 64.8 Å². The second-order valence-corrected chi connectivity index (χ2v) is 7.57. The van der Waals surface area contributed by atoms with Gasteiger partial charge in [-0.25, -0.2) is 0 Å². The molecule has 2 aliphatic rings.